The number of nitrogens with one attached hydrogen (secondary N) is 1. The van der Waals surface area contributed by atoms with Gasteiger partial charge in [-0.1, -0.05) is 0 Å². The maximum absolute atomic E-state index is 11.1. The van der Waals surface area contributed by atoms with E-state index in [9.17, 15) is 4.79 Å². The lowest BCUT2D eigenvalue weighted by atomic mass is 10.2. The van der Waals surface area contributed by atoms with E-state index in [2.05, 4.69) is 16.6 Å². The van der Waals surface area contributed by atoms with Crippen molar-refractivity contribution in [3.05, 3.63) is 36.7 Å². The van der Waals surface area contributed by atoms with Gasteiger partial charge in [0.25, 0.3) is 5.91 Å². The molecule has 5 nitrogen and oxygen atoms in total. The van der Waals surface area contributed by atoms with Crippen LogP contribution in [-0.4, -0.2) is 22.3 Å². The number of rotatable bonds is 1. The second-order valence-corrected chi connectivity index (χ2v) is 3.41. The molecule has 0 saturated heterocycles. The molecule has 0 atom stereocenters. The predicted octanol–water partition coefficient (Wildman–Crippen LogP) is 1.00. The minimum Gasteiger partial charge on any atom is -0.482 e. The summed E-state index contributed by atoms with van der Waals surface area (Å²) < 4.78 is 6.99. The van der Waals surface area contributed by atoms with Gasteiger partial charge in [-0.25, -0.2) is 4.68 Å². The Kier molecular flexibility index (Phi) is 1.89. The van der Waals surface area contributed by atoms with Crippen LogP contribution in [0.3, 0.4) is 0 Å². The van der Waals surface area contributed by atoms with Gasteiger partial charge in [-0.2, -0.15) is 5.10 Å². The summed E-state index contributed by atoms with van der Waals surface area (Å²) >= 11 is 0. The standard InChI is InChI=1S/C11H8N3O2/c15-11-7-16-10-6-8(2-3-9(10)13-11)14-5-1-4-12-14/h1-3,5-6H,7H2,(H,13,15). The van der Waals surface area contributed by atoms with Crippen molar-refractivity contribution >= 4 is 11.6 Å². The third-order valence-electron chi connectivity index (χ3n) is 2.32. The van der Waals surface area contributed by atoms with Gasteiger partial charge in [-0.05, 0) is 18.2 Å². The maximum Gasteiger partial charge on any atom is 0.262 e. The Morgan fingerprint density at radius 2 is 2.44 bits per heavy atom. The third-order valence-corrected chi connectivity index (χ3v) is 2.32. The minimum atomic E-state index is -0.132. The van der Waals surface area contributed by atoms with Crippen LogP contribution in [0.4, 0.5) is 5.69 Å². The van der Waals surface area contributed by atoms with Crippen molar-refractivity contribution in [2.75, 3.05) is 11.9 Å². The van der Waals surface area contributed by atoms with Crippen molar-refractivity contribution in [2.45, 2.75) is 0 Å². The highest BCUT2D eigenvalue weighted by atomic mass is 16.5. The number of ether oxygens (including phenoxy) is 1. The molecule has 16 heavy (non-hydrogen) atoms. The molecule has 0 fully saturated rings. The lowest BCUT2D eigenvalue weighted by Gasteiger charge is -2.18. The lowest BCUT2D eigenvalue weighted by molar-refractivity contribution is -0.118. The molecule has 1 aromatic carbocycles. The first kappa shape index (κ1) is 8.96. The highest BCUT2D eigenvalue weighted by Gasteiger charge is 2.16. The summed E-state index contributed by atoms with van der Waals surface area (Å²) in [6.45, 7) is 0.0572. The van der Waals surface area contributed by atoms with Crippen LogP contribution in [0.5, 0.6) is 5.75 Å². The molecule has 5 heteroatoms. The Hall–Kier alpha value is -2.30. The molecule has 2 heterocycles. The molecule has 1 aliphatic heterocycles. The fraction of sp³-hybridized carbons (Fsp3) is 0.0909. The second kappa shape index (κ2) is 3.37. The molecule has 3 rings (SSSR count). The molecule has 0 unspecified atom stereocenters. The van der Waals surface area contributed by atoms with E-state index < -0.39 is 0 Å². The van der Waals surface area contributed by atoms with Crippen LogP contribution in [0, 0.1) is 6.20 Å². The van der Waals surface area contributed by atoms with Crippen molar-refractivity contribution in [3.63, 3.8) is 0 Å². The molecule has 0 bridgehead atoms. The topological polar surface area (TPSA) is 56.2 Å². The Labute approximate surface area is 91.6 Å². The highest BCUT2D eigenvalue weighted by molar-refractivity contribution is 5.95. The van der Waals surface area contributed by atoms with Gasteiger partial charge in [0.2, 0.25) is 0 Å². The zero-order valence-electron chi connectivity index (χ0n) is 8.30. The van der Waals surface area contributed by atoms with Gasteiger partial charge in [0.15, 0.2) is 6.61 Å². The fourth-order valence-electron chi connectivity index (χ4n) is 1.58. The number of nitrogens with zero attached hydrogens (tertiary/aromatic N) is 2. The summed E-state index contributed by atoms with van der Waals surface area (Å²) in [5.74, 6) is 0.528. The average molecular weight is 214 g/mol. The number of hydrogen-bond acceptors (Lipinski definition) is 3. The molecule has 2 aromatic rings. The number of carbonyl (C=O) groups excluding carboxylic acids is 1. The van der Waals surface area contributed by atoms with Crippen molar-refractivity contribution in [1.82, 2.24) is 9.78 Å². The second-order valence-electron chi connectivity index (χ2n) is 3.41. The molecular formula is C11H8N3O2. The molecule has 1 aromatic heterocycles. The summed E-state index contributed by atoms with van der Waals surface area (Å²) in [6.07, 6.45) is 4.51. The number of amides is 1. The molecule has 1 amide bonds. The van der Waals surface area contributed by atoms with E-state index in [0.29, 0.717) is 11.4 Å². The van der Waals surface area contributed by atoms with Crippen molar-refractivity contribution in [1.29, 1.82) is 0 Å². The SMILES string of the molecule is O=C1COc2cc(-n3cc[c]n3)ccc2N1. The summed E-state index contributed by atoms with van der Waals surface area (Å²) in [4.78, 5) is 11.1. The first-order valence-corrected chi connectivity index (χ1v) is 4.82. The first-order chi connectivity index (χ1) is 7.83. The third kappa shape index (κ3) is 1.42. The fourth-order valence-corrected chi connectivity index (χ4v) is 1.58. The normalized spacial score (nSPS) is 13.9. The maximum atomic E-state index is 11.1. The minimum absolute atomic E-state index is 0.0572. The molecule has 0 saturated carbocycles. The van der Waals surface area contributed by atoms with E-state index in [1.807, 2.05) is 12.1 Å². The van der Waals surface area contributed by atoms with Gasteiger partial charge in [0.05, 0.1) is 11.4 Å². The number of aromatic nitrogens is 2. The molecule has 1 aliphatic rings. The van der Waals surface area contributed by atoms with Gasteiger partial charge >= 0.3 is 0 Å². The Balaban J connectivity index is 2.03. The van der Waals surface area contributed by atoms with Crippen LogP contribution >= 0.6 is 0 Å². The van der Waals surface area contributed by atoms with Gasteiger partial charge in [-0.3, -0.25) is 4.79 Å². The Bertz CT molecular complexity index is 534. The van der Waals surface area contributed by atoms with Crippen LogP contribution in [0.15, 0.2) is 30.5 Å². The van der Waals surface area contributed by atoms with E-state index >= 15 is 0 Å². The molecule has 0 aliphatic carbocycles. The van der Waals surface area contributed by atoms with Crippen LogP contribution in [0.25, 0.3) is 5.69 Å². The number of fused-ring (bicyclic) bond motifs is 1. The van der Waals surface area contributed by atoms with E-state index in [4.69, 9.17) is 4.74 Å². The van der Waals surface area contributed by atoms with Crippen LogP contribution in [0.2, 0.25) is 0 Å². The molecule has 1 radical (unpaired) electrons. The molecule has 0 spiro atoms. The summed E-state index contributed by atoms with van der Waals surface area (Å²) in [5, 5.41) is 6.73. The first-order valence-electron chi connectivity index (χ1n) is 4.82. The summed E-state index contributed by atoms with van der Waals surface area (Å²) in [5.41, 5.74) is 1.56. The van der Waals surface area contributed by atoms with E-state index in [-0.39, 0.29) is 12.5 Å². The summed E-state index contributed by atoms with van der Waals surface area (Å²) in [7, 11) is 0. The van der Waals surface area contributed by atoms with Crippen molar-refractivity contribution in [3.8, 4) is 11.4 Å². The number of anilines is 1. The van der Waals surface area contributed by atoms with Crippen molar-refractivity contribution in [2.24, 2.45) is 0 Å². The Morgan fingerprint density at radius 3 is 3.25 bits per heavy atom. The van der Waals surface area contributed by atoms with Gasteiger partial charge < -0.3 is 10.1 Å². The summed E-state index contributed by atoms with van der Waals surface area (Å²) in [6, 6.07) is 7.20. The van der Waals surface area contributed by atoms with Crippen LogP contribution in [0.1, 0.15) is 0 Å². The molecular weight excluding hydrogens is 206 g/mol. The predicted molar refractivity (Wildman–Crippen MR) is 56.5 cm³/mol. The zero-order chi connectivity index (χ0) is 11.0. The molecule has 79 valence electrons. The van der Waals surface area contributed by atoms with Crippen molar-refractivity contribution < 1.29 is 9.53 Å². The lowest BCUT2D eigenvalue weighted by Crippen LogP contribution is -2.25. The Morgan fingerprint density at radius 1 is 1.50 bits per heavy atom. The van der Waals surface area contributed by atoms with Crippen LogP contribution in [-0.2, 0) is 4.79 Å². The van der Waals surface area contributed by atoms with Crippen LogP contribution < -0.4 is 10.1 Å². The van der Waals surface area contributed by atoms with Gasteiger partial charge in [-0.15, -0.1) is 0 Å². The van der Waals surface area contributed by atoms with Gasteiger partial charge in [0, 0.05) is 12.3 Å². The zero-order valence-corrected chi connectivity index (χ0v) is 8.30. The monoisotopic (exact) mass is 214 g/mol. The van der Waals surface area contributed by atoms with E-state index in [0.717, 1.165) is 5.69 Å². The van der Waals surface area contributed by atoms with E-state index in [1.54, 1.807) is 23.0 Å². The highest BCUT2D eigenvalue weighted by Crippen LogP contribution is 2.29. The quantitative estimate of drug-likeness (QED) is 0.770. The largest absolute Gasteiger partial charge is 0.482 e. The van der Waals surface area contributed by atoms with Gasteiger partial charge in [0.1, 0.15) is 11.9 Å². The average Bonchev–Trinajstić information content (AvgIpc) is 2.82. The number of hydrogen-bond donors (Lipinski definition) is 1. The number of benzene rings is 1. The van der Waals surface area contributed by atoms with E-state index in [1.165, 1.54) is 0 Å². The molecule has 1 N–H and O–H groups in total. The number of carbonyl (C=O) groups is 1. The smallest absolute Gasteiger partial charge is 0.262 e.